The molecular formula is C13H14N4O2S. The average Bonchev–Trinajstić information content (AvgIpc) is 2.86. The Kier molecular flexibility index (Phi) is 4.41. The van der Waals surface area contributed by atoms with Gasteiger partial charge in [0, 0.05) is 12.2 Å². The molecule has 1 aromatic heterocycles. The monoisotopic (exact) mass is 290 g/mol. The highest BCUT2D eigenvalue weighted by molar-refractivity contribution is 7.15. The molecule has 0 radical (unpaired) electrons. The van der Waals surface area contributed by atoms with E-state index in [0.29, 0.717) is 17.4 Å². The third kappa shape index (κ3) is 3.18. The predicted octanol–water partition coefficient (Wildman–Crippen LogP) is 1.84. The van der Waals surface area contributed by atoms with Gasteiger partial charge in [-0.05, 0) is 26.0 Å². The normalized spacial score (nSPS) is 10.1. The van der Waals surface area contributed by atoms with Crippen molar-refractivity contribution in [3.8, 4) is 0 Å². The summed E-state index contributed by atoms with van der Waals surface area (Å²) in [5.74, 6) is -1.33. The first-order valence-electron chi connectivity index (χ1n) is 6.09. The lowest BCUT2D eigenvalue weighted by Crippen LogP contribution is -2.39. The van der Waals surface area contributed by atoms with Crippen LogP contribution in [0.4, 0.5) is 10.8 Å². The third-order valence-electron chi connectivity index (χ3n) is 2.57. The van der Waals surface area contributed by atoms with Gasteiger partial charge in [0.05, 0.1) is 0 Å². The first kappa shape index (κ1) is 14.1. The predicted molar refractivity (Wildman–Crippen MR) is 77.7 cm³/mol. The van der Waals surface area contributed by atoms with Gasteiger partial charge in [0.1, 0.15) is 5.01 Å². The number of para-hydroxylation sites is 1. The van der Waals surface area contributed by atoms with Gasteiger partial charge in [0.25, 0.3) is 0 Å². The maximum Gasteiger partial charge on any atom is 0.316 e. The first-order valence-corrected chi connectivity index (χ1v) is 6.91. The summed E-state index contributed by atoms with van der Waals surface area (Å²) in [6, 6.07) is 9.05. The van der Waals surface area contributed by atoms with E-state index >= 15 is 0 Å². The fourth-order valence-electron chi connectivity index (χ4n) is 1.67. The van der Waals surface area contributed by atoms with Gasteiger partial charge in [-0.1, -0.05) is 29.5 Å². The van der Waals surface area contributed by atoms with Crippen LogP contribution in [0.2, 0.25) is 0 Å². The first-order chi connectivity index (χ1) is 9.61. The zero-order valence-corrected chi connectivity index (χ0v) is 12.0. The maximum absolute atomic E-state index is 12.2. The van der Waals surface area contributed by atoms with Crippen LogP contribution in [-0.4, -0.2) is 28.6 Å². The molecule has 1 heterocycles. The molecule has 0 saturated carbocycles. The Morgan fingerprint density at radius 2 is 1.95 bits per heavy atom. The summed E-state index contributed by atoms with van der Waals surface area (Å²) in [5.41, 5.74) is 0.684. The number of carbonyl (C=O) groups excluding carboxylic acids is 2. The molecule has 20 heavy (non-hydrogen) atoms. The summed E-state index contributed by atoms with van der Waals surface area (Å²) in [7, 11) is 0. The molecule has 2 aromatic rings. The number of likely N-dealkylation sites (N-methyl/N-ethyl adjacent to an activating group) is 1. The van der Waals surface area contributed by atoms with Crippen LogP contribution >= 0.6 is 11.3 Å². The molecule has 2 rings (SSSR count). The van der Waals surface area contributed by atoms with E-state index in [4.69, 9.17) is 0 Å². The highest BCUT2D eigenvalue weighted by Crippen LogP contribution is 2.16. The molecule has 0 spiro atoms. The van der Waals surface area contributed by atoms with Crippen LogP contribution in [0.25, 0.3) is 0 Å². The van der Waals surface area contributed by atoms with Crippen LogP contribution in [0.1, 0.15) is 11.9 Å². The van der Waals surface area contributed by atoms with E-state index in [1.54, 1.807) is 19.1 Å². The second-order valence-corrected chi connectivity index (χ2v) is 5.15. The van der Waals surface area contributed by atoms with Crippen molar-refractivity contribution in [3.05, 3.63) is 35.3 Å². The smallest absolute Gasteiger partial charge is 0.304 e. The Balaban J connectivity index is 2.10. The summed E-state index contributed by atoms with van der Waals surface area (Å²) >= 11 is 1.22. The van der Waals surface area contributed by atoms with Gasteiger partial charge >= 0.3 is 11.8 Å². The molecule has 0 aliphatic heterocycles. The largest absolute Gasteiger partial charge is 0.316 e. The highest BCUT2D eigenvalue weighted by Gasteiger charge is 2.22. The van der Waals surface area contributed by atoms with Crippen molar-refractivity contribution >= 4 is 34.0 Å². The molecule has 104 valence electrons. The zero-order valence-electron chi connectivity index (χ0n) is 11.2. The van der Waals surface area contributed by atoms with E-state index in [2.05, 4.69) is 15.5 Å². The molecule has 0 aliphatic rings. The van der Waals surface area contributed by atoms with E-state index < -0.39 is 11.8 Å². The van der Waals surface area contributed by atoms with Gasteiger partial charge in [-0.3, -0.25) is 14.9 Å². The number of anilines is 2. The fourth-order valence-corrected chi connectivity index (χ4v) is 2.26. The van der Waals surface area contributed by atoms with E-state index in [-0.39, 0.29) is 0 Å². The molecule has 0 unspecified atom stereocenters. The number of nitrogens with zero attached hydrogens (tertiary/aromatic N) is 3. The Hall–Kier alpha value is -2.28. The summed E-state index contributed by atoms with van der Waals surface area (Å²) in [4.78, 5) is 25.5. The van der Waals surface area contributed by atoms with E-state index in [1.165, 1.54) is 16.2 Å². The Morgan fingerprint density at radius 1 is 1.25 bits per heavy atom. The third-order valence-corrected chi connectivity index (χ3v) is 3.32. The number of aromatic nitrogens is 2. The number of benzene rings is 1. The molecule has 7 heteroatoms. The lowest BCUT2D eigenvalue weighted by Gasteiger charge is -2.19. The summed E-state index contributed by atoms with van der Waals surface area (Å²) in [5, 5.41) is 11.1. The van der Waals surface area contributed by atoms with Crippen LogP contribution < -0.4 is 10.2 Å². The van der Waals surface area contributed by atoms with Gasteiger partial charge in [0.15, 0.2) is 0 Å². The van der Waals surface area contributed by atoms with Crippen molar-refractivity contribution in [1.82, 2.24) is 10.2 Å². The molecule has 0 bridgehead atoms. The van der Waals surface area contributed by atoms with Crippen molar-refractivity contribution in [1.29, 1.82) is 0 Å². The van der Waals surface area contributed by atoms with E-state index in [1.807, 2.05) is 25.1 Å². The summed E-state index contributed by atoms with van der Waals surface area (Å²) in [6.07, 6.45) is 0. The van der Waals surface area contributed by atoms with Crippen LogP contribution in [0.3, 0.4) is 0 Å². The second kappa shape index (κ2) is 6.25. The van der Waals surface area contributed by atoms with E-state index in [0.717, 1.165) is 5.01 Å². The molecular weight excluding hydrogens is 276 g/mol. The Morgan fingerprint density at radius 3 is 2.50 bits per heavy atom. The molecule has 1 N–H and O–H groups in total. The number of carbonyl (C=O) groups is 2. The second-order valence-electron chi connectivity index (χ2n) is 3.97. The Bertz CT molecular complexity index is 612. The molecule has 0 aliphatic carbocycles. The minimum atomic E-state index is -0.716. The standard InChI is InChI=1S/C13H14N4O2S/c1-3-17(10-7-5-4-6-8-10)12(19)11(18)14-13-16-15-9(2)20-13/h4-8H,3H2,1-2H3,(H,14,16,18). The number of hydrogen-bond acceptors (Lipinski definition) is 5. The SMILES string of the molecule is CCN(C(=O)C(=O)Nc1nnc(C)s1)c1ccccc1. The van der Waals surface area contributed by atoms with Crippen LogP contribution in [0, 0.1) is 6.92 Å². The molecule has 6 nitrogen and oxygen atoms in total. The summed E-state index contributed by atoms with van der Waals surface area (Å²) < 4.78 is 0. The minimum Gasteiger partial charge on any atom is -0.304 e. The van der Waals surface area contributed by atoms with Crippen LogP contribution in [0.5, 0.6) is 0 Å². The van der Waals surface area contributed by atoms with Gasteiger partial charge < -0.3 is 4.90 Å². The topological polar surface area (TPSA) is 75.2 Å². The zero-order chi connectivity index (χ0) is 14.5. The van der Waals surface area contributed by atoms with E-state index in [9.17, 15) is 9.59 Å². The van der Waals surface area contributed by atoms with Gasteiger partial charge in [-0.25, -0.2) is 0 Å². The lowest BCUT2D eigenvalue weighted by atomic mass is 10.3. The number of hydrogen-bond donors (Lipinski definition) is 1. The Labute approximate surface area is 120 Å². The average molecular weight is 290 g/mol. The van der Waals surface area contributed by atoms with Gasteiger partial charge in [-0.15, -0.1) is 10.2 Å². The quantitative estimate of drug-likeness (QED) is 0.875. The van der Waals surface area contributed by atoms with Crippen molar-refractivity contribution < 1.29 is 9.59 Å². The molecule has 0 atom stereocenters. The van der Waals surface area contributed by atoms with Gasteiger partial charge in [0.2, 0.25) is 5.13 Å². The molecule has 1 aromatic carbocycles. The minimum absolute atomic E-state index is 0.324. The number of nitrogens with one attached hydrogen (secondary N) is 1. The van der Waals surface area contributed by atoms with Crippen molar-refractivity contribution in [2.75, 3.05) is 16.8 Å². The van der Waals surface area contributed by atoms with Crippen LogP contribution in [0.15, 0.2) is 30.3 Å². The maximum atomic E-state index is 12.2. The fraction of sp³-hybridized carbons (Fsp3) is 0.231. The summed E-state index contributed by atoms with van der Waals surface area (Å²) in [6.45, 7) is 4.00. The van der Waals surface area contributed by atoms with Crippen molar-refractivity contribution in [3.63, 3.8) is 0 Å². The van der Waals surface area contributed by atoms with Crippen LogP contribution in [-0.2, 0) is 9.59 Å². The number of amides is 2. The lowest BCUT2D eigenvalue weighted by molar-refractivity contribution is -0.134. The van der Waals surface area contributed by atoms with Crippen molar-refractivity contribution in [2.45, 2.75) is 13.8 Å². The molecule has 0 saturated heterocycles. The van der Waals surface area contributed by atoms with Crippen molar-refractivity contribution in [2.24, 2.45) is 0 Å². The molecule has 0 fully saturated rings. The molecule has 2 amide bonds. The number of aryl methyl sites for hydroxylation is 1. The number of rotatable bonds is 3. The van der Waals surface area contributed by atoms with Gasteiger partial charge in [-0.2, -0.15) is 0 Å². The highest BCUT2D eigenvalue weighted by atomic mass is 32.1.